The van der Waals surface area contributed by atoms with E-state index in [1.807, 2.05) is 50.2 Å². The molecule has 0 radical (unpaired) electrons. The van der Waals surface area contributed by atoms with Crippen LogP contribution in [0.1, 0.15) is 16.7 Å². The Kier molecular flexibility index (Phi) is 5.15. The Bertz CT molecular complexity index is 1140. The first kappa shape index (κ1) is 19.0. The average molecular weight is 454 g/mol. The van der Waals surface area contributed by atoms with Gasteiger partial charge in [0.1, 0.15) is 0 Å². The number of anilines is 1. The van der Waals surface area contributed by atoms with Crippen molar-refractivity contribution in [3.05, 3.63) is 95.6 Å². The maximum atomic E-state index is 13.3. The zero-order valence-corrected chi connectivity index (χ0v) is 18.3. The molecular weight excluding hydrogens is 433 g/mol. The molecule has 0 aliphatic carbocycles. The predicted octanol–water partition coefficient (Wildman–Crippen LogP) is 3.88. The minimum atomic E-state index is -3.61. The van der Waals surface area contributed by atoms with Crippen molar-refractivity contribution >= 4 is 39.6 Å². The van der Waals surface area contributed by atoms with E-state index in [2.05, 4.69) is 30.3 Å². The molecule has 0 atom stereocenters. The van der Waals surface area contributed by atoms with Crippen molar-refractivity contribution in [2.24, 2.45) is 0 Å². The van der Waals surface area contributed by atoms with Gasteiger partial charge in [-0.15, -0.1) is 0 Å². The van der Waals surface area contributed by atoms with Crippen LogP contribution in [0, 0.1) is 13.8 Å². The molecule has 0 saturated carbocycles. The molecule has 0 bridgehead atoms. The van der Waals surface area contributed by atoms with Gasteiger partial charge in [-0.2, -0.15) is 0 Å². The Morgan fingerprint density at radius 3 is 2.25 bits per heavy atom. The Balaban J connectivity index is 1.76. The SMILES string of the molecule is Cc1ccc(S(=O)(=O)N2CC=C([Se]c3ccccc3)c3ccc(C)cc32)cc1. The number of nitrogens with zero attached hydrogens (tertiary/aromatic N) is 1. The molecule has 3 aromatic carbocycles. The Morgan fingerprint density at radius 2 is 1.54 bits per heavy atom. The second kappa shape index (κ2) is 7.59. The predicted molar refractivity (Wildman–Crippen MR) is 117 cm³/mol. The maximum absolute atomic E-state index is 13.3. The van der Waals surface area contributed by atoms with Crippen LogP contribution in [0.25, 0.3) is 4.47 Å². The first-order chi connectivity index (χ1) is 13.4. The zero-order chi connectivity index (χ0) is 19.7. The van der Waals surface area contributed by atoms with E-state index >= 15 is 0 Å². The van der Waals surface area contributed by atoms with Crippen molar-refractivity contribution < 1.29 is 8.42 Å². The van der Waals surface area contributed by atoms with E-state index in [-0.39, 0.29) is 15.0 Å². The van der Waals surface area contributed by atoms with Crippen molar-refractivity contribution in [3.8, 4) is 0 Å². The van der Waals surface area contributed by atoms with E-state index < -0.39 is 10.0 Å². The van der Waals surface area contributed by atoms with Crippen molar-refractivity contribution in [1.82, 2.24) is 0 Å². The average Bonchev–Trinajstić information content (AvgIpc) is 2.69. The molecule has 0 N–H and O–H groups in total. The second-order valence-electron chi connectivity index (χ2n) is 6.85. The van der Waals surface area contributed by atoms with Gasteiger partial charge in [-0.05, 0) is 0 Å². The van der Waals surface area contributed by atoms with Crippen LogP contribution in [0.2, 0.25) is 0 Å². The van der Waals surface area contributed by atoms with E-state index in [0.29, 0.717) is 11.4 Å². The summed E-state index contributed by atoms with van der Waals surface area (Å²) >= 11 is 0.130. The molecule has 0 spiro atoms. The van der Waals surface area contributed by atoms with Gasteiger partial charge >= 0.3 is 173 Å². The molecule has 0 saturated heterocycles. The van der Waals surface area contributed by atoms with E-state index in [1.54, 1.807) is 12.1 Å². The molecule has 0 unspecified atom stereocenters. The fourth-order valence-corrected chi connectivity index (χ4v) is 6.70. The molecule has 28 heavy (non-hydrogen) atoms. The number of hydrogen-bond acceptors (Lipinski definition) is 2. The Labute approximate surface area is 172 Å². The molecule has 4 rings (SSSR count). The zero-order valence-electron chi connectivity index (χ0n) is 15.8. The van der Waals surface area contributed by atoms with Gasteiger partial charge in [0.2, 0.25) is 0 Å². The van der Waals surface area contributed by atoms with Gasteiger partial charge in [-0.25, -0.2) is 0 Å². The van der Waals surface area contributed by atoms with Crippen LogP contribution in [0.3, 0.4) is 0 Å². The van der Waals surface area contributed by atoms with Gasteiger partial charge in [0, 0.05) is 0 Å². The van der Waals surface area contributed by atoms with Crippen LogP contribution in [0.4, 0.5) is 5.69 Å². The third kappa shape index (κ3) is 3.66. The van der Waals surface area contributed by atoms with E-state index in [9.17, 15) is 8.42 Å². The standard InChI is InChI=1S/C23H21NO2SSe/c1-17-8-11-19(12-9-17)27(25,26)24-15-14-23(28-20-6-4-3-5-7-20)21-13-10-18(2)16-22(21)24/h3-14,16H,15H2,1-2H3. The molecule has 0 fully saturated rings. The molecule has 3 aromatic rings. The molecule has 1 aliphatic heterocycles. The number of benzene rings is 3. The summed E-state index contributed by atoms with van der Waals surface area (Å²) in [6.45, 7) is 4.31. The summed E-state index contributed by atoms with van der Waals surface area (Å²) in [4.78, 5) is 0.330. The Morgan fingerprint density at radius 1 is 0.857 bits per heavy atom. The number of aryl methyl sites for hydroxylation is 2. The first-order valence-electron chi connectivity index (χ1n) is 9.09. The number of sulfonamides is 1. The summed E-state index contributed by atoms with van der Waals surface area (Å²) in [6, 6.07) is 23.5. The normalized spacial score (nSPS) is 13.8. The van der Waals surface area contributed by atoms with Crippen LogP contribution < -0.4 is 8.77 Å². The summed E-state index contributed by atoms with van der Waals surface area (Å²) in [6.07, 6.45) is 2.07. The number of rotatable bonds is 4. The van der Waals surface area contributed by atoms with Gasteiger partial charge < -0.3 is 0 Å². The van der Waals surface area contributed by atoms with Gasteiger partial charge in [-0.1, -0.05) is 0 Å². The summed E-state index contributed by atoms with van der Waals surface area (Å²) in [5.41, 5.74) is 3.88. The fourth-order valence-electron chi connectivity index (χ4n) is 3.21. The second-order valence-corrected chi connectivity index (χ2v) is 11.1. The van der Waals surface area contributed by atoms with Crippen molar-refractivity contribution in [2.45, 2.75) is 18.7 Å². The van der Waals surface area contributed by atoms with Crippen LogP contribution in [-0.4, -0.2) is 29.9 Å². The van der Waals surface area contributed by atoms with E-state index in [1.165, 1.54) is 13.2 Å². The van der Waals surface area contributed by atoms with Gasteiger partial charge in [0.25, 0.3) is 0 Å². The third-order valence-corrected chi connectivity index (χ3v) is 8.84. The van der Waals surface area contributed by atoms with Crippen LogP contribution >= 0.6 is 0 Å². The van der Waals surface area contributed by atoms with Crippen molar-refractivity contribution in [3.63, 3.8) is 0 Å². The summed E-state index contributed by atoms with van der Waals surface area (Å²) in [5.74, 6) is 0. The molecule has 0 amide bonds. The summed E-state index contributed by atoms with van der Waals surface area (Å²) in [7, 11) is -3.61. The van der Waals surface area contributed by atoms with Gasteiger partial charge in [-0.3, -0.25) is 0 Å². The molecular formula is C23H21NO2SSe. The molecule has 1 aliphatic rings. The van der Waals surface area contributed by atoms with E-state index in [0.717, 1.165) is 22.4 Å². The van der Waals surface area contributed by atoms with Crippen molar-refractivity contribution in [2.75, 3.05) is 10.8 Å². The molecule has 142 valence electrons. The Hall–Kier alpha value is -2.33. The van der Waals surface area contributed by atoms with Crippen LogP contribution in [0.5, 0.6) is 0 Å². The van der Waals surface area contributed by atoms with Crippen LogP contribution in [0.15, 0.2) is 83.8 Å². The quantitative estimate of drug-likeness (QED) is 0.561. The summed E-state index contributed by atoms with van der Waals surface area (Å²) < 4.78 is 30.7. The number of hydrogen-bond donors (Lipinski definition) is 0. The van der Waals surface area contributed by atoms with Gasteiger partial charge in [0.05, 0.1) is 0 Å². The minimum absolute atomic E-state index is 0.130. The molecule has 5 heteroatoms. The fraction of sp³-hybridized carbons (Fsp3) is 0.130. The van der Waals surface area contributed by atoms with Crippen LogP contribution in [-0.2, 0) is 10.0 Å². The monoisotopic (exact) mass is 455 g/mol. The van der Waals surface area contributed by atoms with E-state index in [4.69, 9.17) is 0 Å². The van der Waals surface area contributed by atoms with Crippen molar-refractivity contribution in [1.29, 1.82) is 0 Å². The third-order valence-electron chi connectivity index (χ3n) is 4.71. The number of fused-ring (bicyclic) bond motifs is 1. The molecule has 1 heterocycles. The molecule has 0 aromatic heterocycles. The van der Waals surface area contributed by atoms with Gasteiger partial charge in [0.15, 0.2) is 0 Å². The molecule has 3 nitrogen and oxygen atoms in total. The topological polar surface area (TPSA) is 37.4 Å². The first-order valence-corrected chi connectivity index (χ1v) is 12.2. The summed E-state index contributed by atoms with van der Waals surface area (Å²) in [5, 5.41) is 0.